The van der Waals surface area contributed by atoms with Gasteiger partial charge in [-0.1, -0.05) is 146 Å². The van der Waals surface area contributed by atoms with Crippen molar-refractivity contribution in [1.29, 1.82) is 0 Å². The van der Waals surface area contributed by atoms with Gasteiger partial charge in [-0.2, -0.15) is 0 Å². The van der Waals surface area contributed by atoms with Crippen molar-refractivity contribution < 1.29 is 0 Å². The molecule has 0 aliphatic carbocycles. The minimum absolute atomic E-state index is 0.903. The second kappa shape index (κ2) is 18.4. The Balaban J connectivity index is 0.853. The molecule has 0 unspecified atom stereocenters. The Morgan fingerprint density at radius 3 is 1.61 bits per heavy atom. The number of aromatic nitrogens is 6. The average molecular weight is 933 g/mol. The summed E-state index contributed by atoms with van der Waals surface area (Å²) in [4.78, 5) is 19.8. The van der Waals surface area contributed by atoms with E-state index in [4.69, 9.17) is 19.9 Å². The maximum Gasteiger partial charge on any atom is 0.148 e. The molecule has 0 radical (unpaired) electrons. The molecular formula is C66H56N6. The summed E-state index contributed by atoms with van der Waals surface area (Å²) in [5.74, 6) is 0.965. The zero-order valence-corrected chi connectivity index (χ0v) is 41.8. The average Bonchev–Trinajstić information content (AvgIpc) is 3.90. The van der Waals surface area contributed by atoms with Gasteiger partial charge in [0.1, 0.15) is 17.1 Å². The SMILES string of the molecule is Cc1nc2c3ccc(CCc4cc(CCc5ccc6c(c5)nc(C)n5c(C)c(C)nc65)cc(-c5ccccc5-c5ccc(-c6cc(-c7ccc(-c8ccccc8)cc7)ccn6)cc5)c4)cc3cc(C)n2c1C. The quantitative estimate of drug-likeness (QED) is 0.130. The van der Waals surface area contributed by atoms with Crippen LogP contribution < -0.4 is 0 Å². The summed E-state index contributed by atoms with van der Waals surface area (Å²) < 4.78 is 4.47. The number of rotatable bonds is 11. The van der Waals surface area contributed by atoms with Gasteiger partial charge in [-0.15, -0.1) is 0 Å². The number of benzene rings is 7. The van der Waals surface area contributed by atoms with E-state index in [9.17, 15) is 0 Å². The van der Waals surface area contributed by atoms with Crippen LogP contribution in [0.5, 0.6) is 0 Å². The van der Waals surface area contributed by atoms with Gasteiger partial charge in [0.25, 0.3) is 0 Å². The van der Waals surface area contributed by atoms with Crippen LogP contribution in [0.15, 0.2) is 182 Å². The molecule has 0 bridgehead atoms. The largest absolute Gasteiger partial charge is 0.301 e. The Morgan fingerprint density at radius 1 is 0.375 bits per heavy atom. The smallest absolute Gasteiger partial charge is 0.148 e. The number of pyridine rings is 2. The fraction of sp³-hybridized carbons (Fsp3) is 0.152. The van der Waals surface area contributed by atoms with Crippen molar-refractivity contribution in [2.45, 2.75) is 67.2 Å². The summed E-state index contributed by atoms with van der Waals surface area (Å²) >= 11 is 0. The van der Waals surface area contributed by atoms with Gasteiger partial charge in [-0.3, -0.25) is 9.38 Å². The Kier molecular flexibility index (Phi) is 11.4. The molecule has 0 atom stereocenters. The van der Waals surface area contributed by atoms with Crippen molar-refractivity contribution in [2.75, 3.05) is 0 Å². The normalized spacial score (nSPS) is 11.7. The third-order valence-corrected chi connectivity index (χ3v) is 14.9. The number of imidazole rings is 2. The summed E-state index contributed by atoms with van der Waals surface area (Å²) in [5.41, 5.74) is 25.6. The first-order valence-electron chi connectivity index (χ1n) is 25.2. The molecule has 0 aliphatic heterocycles. The maximum atomic E-state index is 5.06. The van der Waals surface area contributed by atoms with Crippen molar-refractivity contribution in [3.8, 4) is 55.8 Å². The third-order valence-electron chi connectivity index (χ3n) is 14.9. The minimum atomic E-state index is 0.903. The van der Waals surface area contributed by atoms with E-state index in [-0.39, 0.29) is 0 Å². The van der Waals surface area contributed by atoms with Crippen molar-refractivity contribution in [1.82, 2.24) is 28.7 Å². The molecule has 5 heterocycles. The van der Waals surface area contributed by atoms with Crippen molar-refractivity contribution in [2.24, 2.45) is 0 Å². The van der Waals surface area contributed by atoms with Crippen LogP contribution in [0, 0.1) is 41.5 Å². The van der Waals surface area contributed by atoms with Crippen LogP contribution in [-0.2, 0) is 25.7 Å². The highest BCUT2D eigenvalue weighted by Gasteiger charge is 2.16. The van der Waals surface area contributed by atoms with Crippen LogP contribution in [0.25, 0.3) is 88.7 Å². The Labute approximate surface area is 421 Å². The molecule has 72 heavy (non-hydrogen) atoms. The van der Waals surface area contributed by atoms with E-state index in [2.05, 4.69) is 226 Å². The molecule has 12 aromatic rings. The predicted molar refractivity (Wildman–Crippen MR) is 298 cm³/mol. The van der Waals surface area contributed by atoms with Gasteiger partial charge < -0.3 is 4.40 Å². The van der Waals surface area contributed by atoms with Gasteiger partial charge in [0.2, 0.25) is 0 Å². The van der Waals surface area contributed by atoms with E-state index in [1.54, 1.807) is 0 Å². The molecule has 350 valence electrons. The molecule has 0 saturated heterocycles. The van der Waals surface area contributed by atoms with Crippen LogP contribution in [-0.4, -0.2) is 28.7 Å². The number of fused-ring (bicyclic) bond motifs is 6. The van der Waals surface area contributed by atoms with Gasteiger partial charge in [-0.05, 0) is 170 Å². The fourth-order valence-corrected chi connectivity index (χ4v) is 10.9. The third kappa shape index (κ3) is 8.32. The zero-order valence-electron chi connectivity index (χ0n) is 41.8. The van der Waals surface area contributed by atoms with Crippen LogP contribution in [0.2, 0.25) is 0 Å². The minimum Gasteiger partial charge on any atom is -0.301 e. The highest BCUT2D eigenvalue weighted by molar-refractivity contribution is 5.95. The molecule has 0 spiro atoms. The van der Waals surface area contributed by atoms with Crippen LogP contribution >= 0.6 is 0 Å². The first kappa shape index (κ1) is 44.7. The number of nitrogens with zero attached hydrogens (tertiary/aromatic N) is 6. The lowest BCUT2D eigenvalue weighted by molar-refractivity contribution is 0.931. The first-order chi connectivity index (χ1) is 35.1. The molecule has 0 amide bonds. The summed E-state index contributed by atoms with van der Waals surface area (Å²) in [5, 5.41) is 3.53. The second-order valence-electron chi connectivity index (χ2n) is 19.6. The number of aryl methyl sites for hydroxylation is 10. The highest BCUT2D eigenvalue weighted by atomic mass is 15.1. The topological polar surface area (TPSA) is 60.4 Å². The molecule has 0 saturated carbocycles. The van der Waals surface area contributed by atoms with E-state index in [0.29, 0.717) is 0 Å². The molecule has 6 nitrogen and oxygen atoms in total. The van der Waals surface area contributed by atoms with Gasteiger partial charge in [0.05, 0.1) is 22.6 Å². The van der Waals surface area contributed by atoms with Gasteiger partial charge in [0.15, 0.2) is 0 Å². The van der Waals surface area contributed by atoms with Crippen LogP contribution in [0.4, 0.5) is 0 Å². The first-order valence-corrected chi connectivity index (χ1v) is 25.2. The van der Waals surface area contributed by atoms with E-state index >= 15 is 0 Å². The summed E-state index contributed by atoms with van der Waals surface area (Å²) in [6.45, 7) is 12.7. The number of hydrogen-bond acceptors (Lipinski definition) is 4. The molecule has 12 rings (SSSR count). The van der Waals surface area contributed by atoms with E-state index in [1.807, 2.05) is 6.20 Å². The summed E-state index contributed by atoms with van der Waals surface area (Å²) in [6, 6.07) is 64.7. The molecule has 6 heteroatoms. The van der Waals surface area contributed by atoms with Crippen molar-refractivity contribution in [3.63, 3.8) is 0 Å². The standard InChI is InChI=1S/C66H56N6/c1-41-34-57-36-47(20-30-61(57)65-68-42(2)44(4)71(41)65)16-18-49-35-50(19-17-48-21-31-62-64(39-48)70-46(6)72-45(5)43(3)69-66(62)72)38-58(37-49)60-15-11-10-14-59(60)54-26-28-55(29-27-54)63-40-56(32-33-67-63)53-24-22-52(23-25-53)51-12-8-7-9-13-51/h7-15,20-40H,16-19H2,1-6H3. The molecule has 7 aromatic carbocycles. The second-order valence-corrected chi connectivity index (χ2v) is 19.6. The predicted octanol–water partition coefficient (Wildman–Crippen LogP) is 15.8. The van der Waals surface area contributed by atoms with Crippen molar-refractivity contribution in [3.05, 3.63) is 239 Å². The number of hydrogen-bond donors (Lipinski definition) is 0. The fourth-order valence-electron chi connectivity index (χ4n) is 10.9. The van der Waals surface area contributed by atoms with Gasteiger partial charge >= 0.3 is 0 Å². The highest BCUT2D eigenvalue weighted by Crippen LogP contribution is 2.36. The molecule has 0 fully saturated rings. The van der Waals surface area contributed by atoms with Gasteiger partial charge in [-0.25, -0.2) is 15.0 Å². The van der Waals surface area contributed by atoms with Crippen LogP contribution in [0.1, 0.15) is 56.5 Å². The Bertz CT molecular complexity index is 3870. The van der Waals surface area contributed by atoms with E-state index in [1.165, 1.54) is 83.4 Å². The maximum absolute atomic E-state index is 5.06. The molecule has 0 N–H and O–H groups in total. The summed E-state index contributed by atoms with van der Waals surface area (Å²) in [6.07, 6.45) is 5.59. The van der Waals surface area contributed by atoms with E-state index in [0.717, 1.165) is 87.6 Å². The Morgan fingerprint density at radius 2 is 0.917 bits per heavy atom. The lowest BCUT2D eigenvalue weighted by Crippen LogP contribution is -2.00. The van der Waals surface area contributed by atoms with Gasteiger partial charge in [0, 0.05) is 39.6 Å². The summed E-state index contributed by atoms with van der Waals surface area (Å²) in [7, 11) is 0. The monoisotopic (exact) mass is 932 g/mol. The van der Waals surface area contributed by atoms with Crippen LogP contribution in [0.3, 0.4) is 0 Å². The molecule has 0 aliphatic rings. The molecular weight excluding hydrogens is 877 g/mol. The zero-order chi connectivity index (χ0) is 49.0. The lowest BCUT2D eigenvalue weighted by Gasteiger charge is -2.15. The van der Waals surface area contributed by atoms with Crippen molar-refractivity contribution >= 4 is 33.0 Å². The molecule has 5 aromatic heterocycles. The Hall–Kier alpha value is -8.48. The van der Waals surface area contributed by atoms with E-state index < -0.39 is 0 Å². The lowest BCUT2D eigenvalue weighted by atomic mass is 9.90.